The SMILES string of the molecule is O=C(/C=C/c1ccc([C@@H]2O[C@H](COC(=O)/C=C/c3ccc(O)c(O)c3)[C@@H](O)[C@H](O)[C@H]2O)c(O)c1)OC[C@H]1O[C@@H](O)[C@H](O)[C@@H](O)[C@@H]1O. The van der Waals surface area contributed by atoms with Gasteiger partial charge in [-0.1, -0.05) is 18.2 Å². The van der Waals surface area contributed by atoms with E-state index in [1.807, 2.05) is 0 Å². The molecule has 10 N–H and O–H groups in total. The van der Waals surface area contributed by atoms with E-state index in [-0.39, 0.29) is 16.9 Å². The van der Waals surface area contributed by atoms with Gasteiger partial charge in [0.2, 0.25) is 0 Å². The van der Waals surface area contributed by atoms with Crippen LogP contribution in [0.15, 0.2) is 48.6 Å². The number of ether oxygens (including phenoxy) is 4. The van der Waals surface area contributed by atoms with Crippen molar-refractivity contribution in [2.45, 2.75) is 61.2 Å². The number of hydrogen-bond acceptors (Lipinski definition) is 16. The molecular weight excluding hydrogens is 616 g/mol. The summed E-state index contributed by atoms with van der Waals surface area (Å²) >= 11 is 0. The number of phenols is 3. The van der Waals surface area contributed by atoms with Gasteiger partial charge in [0.1, 0.15) is 73.9 Å². The highest BCUT2D eigenvalue weighted by atomic mass is 16.7. The van der Waals surface area contributed by atoms with Gasteiger partial charge in [-0.05, 0) is 41.5 Å². The molecule has 0 aromatic heterocycles. The average Bonchev–Trinajstić information content (AvgIpc) is 3.03. The normalized spacial score (nSPS) is 31.6. The van der Waals surface area contributed by atoms with E-state index in [1.165, 1.54) is 48.6 Å². The Morgan fingerprint density at radius 1 is 0.609 bits per heavy atom. The van der Waals surface area contributed by atoms with Crippen molar-refractivity contribution in [3.8, 4) is 17.2 Å². The molecule has 16 heteroatoms. The first kappa shape index (κ1) is 34.8. The van der Waals surface area contributed by atoms with E-state index in [0.717, 1.165) is 12.2 Å². The third-order valence-corrected chi connectivity index (χ3v) is 7.36. The zero-order valence-electron chi connectivity index (χ0n) is 23.9. The fraction of sp³-hybridized carbons (Fsp3) is 0.400. The summed E-state index contributed by atoms with van der Waals surface area (Å²) in [6.45, 7) is -1.10. The van der Waals surface area contributed by atoms with Crippen molar-refractivity contribution >= 4 is 24.1 Å². The Morgan fingerprint density at radius 2 is 1.11 bits per heavy atom. The van der Waals surface area contributed by atoms with Crippen LogP contribution in [0.1, 0.15) is 22.8 Å². The number of aliphatic hydroxyl groups excluding tert-OH is 7. The fourth-order valence-electron chi connectivity index (χ4n) is 4.72. The Morgan fingerprint density at radius 3 is 1.65 bits per heavy atom. The van der Waals surface area contributed by atoms with E-state index in [2.05, 4.69) is 0 Å². The van der Waals surface area contributed by atoms with E-state index in [0.29, 0.717) is 5.56 Å². The second-order valence-electron chi connectivity index (χ2n) is 10.6. The van der Waals surface area contributed by atoms with Gasteiger partial charge in [-0.2, -0.15) is 0 Å². The first-order chi connectivity index (χ1) is 21.8. The van der Waals surface area contributed by atoms with Crippen LogP contribution in [0, 0.1) is 0 Å². The van der Waals surface area contributed by atoms with Gasteiger partial charge in [0.05, 0.1) is 0 Å². The number of phenolic OH excluding ortho intramolecular Hbond substituents is 3. The summed E-state index contributed by atoms with van der Waals surface area (Å²) in [6, 6.07) is 7.83. The summed E-state index contributed by atoms with van der Waals surface area (Å²) in [5, 5.41) is 99.7. The molecule has 0 bridgehead atoms. The van der Waals surface area contributed by atoms with Crippen molar-refractivity contribution in [1.29, 1.82) is 0 Å². The lowest BCUT2D eigenvalue weighted by atomic mass is 9.90. The molecule has 2 heterocycles. The summed E-state index contributed by atoms with van der Waals surface area (Å²) in [7, 11) is 0. The molecule has 2 aromatic carbocycles. The maximum atomic E-state index is 12.2. The van der Waals surface area contributed by atoms with Gasteiger partial charge in [0, 0.05) is 17.7 Å². The third-order valence-electron chi connectivity index (χ3n) is 7.36. The number of esters is 2. The van der Waals surface area contributed by atoms with Crippen molar-refractivity contribution in [2.24, 2.45) is 0 Å². The number of carbonyl (C=O) groups is 2. The van der Waals surface area contributed by atoms with Crippen molar-refractivity contribution in [3.63, 3.8) is 0 Å². The van der Waals surface area contributed by atoms with Crippen LogP contribution >= 0.6 is 0 Å². The van der Waals surface area contributed by atoms with E-state index in [9.17, 15) is 60.7 Å². The molecule has 2 aliphatic heterocycles. The molecule has 0 radical (unpaired) electrons. The summed E-state index contributed by atoms with van der Waals surface area (Å²) < 4.78 is 20.7. The molecule has 46 heavy (non-hydrogen) atoms. The highest BCUT2D eigenvalue weighted by Gasteiger charge is 2.46. The van der Waals surface area contributed by atoms with Crippen LogP contribution in [-0.2, 0) is 28.5 Å². The lowest BCUT2D eigenvalue weighted by Gasteiger charge is -2.40. The molecule has 2 fully saturated rings. The second kappa shape index (κ2) is 15.0. The predicted octanol–water partition coefficient (Wildman–Crippen LogP) is -2.06. The number of aliphatic hydroxyl groups is 7. The molecule has 4 rings (SSSR count). The molecule has 2 saturated heterocycles. The van der Waals surface area contributed by atoms with Gasteiger partial charge in [-0.15, -0.1) is 0 Å². The van der Waals surface area contributed by atoms with Crippen LogP contribution in [0.5, 0.6) is 17.2 Å². The minimum atomic E-state index is -1.79. The van der Waals surface area contributed by atoms with Crippen LogP contribution in [-0.4, -0.2) is 131 Å². The highest BCUT2D eigenvalue weighted by Crippen LogP contribution is 2.37. The Kier molecular flexibility index (Phi) is 11.3. The van der Waals surface area contributed by atoms with Crippen LogP contribution in [0.3, 0.4) is 0 Å². The largest absolute Gasteiger partial charge is 0.508 e. The molecule has 2 aromatic rings. The van der Waals surface area contributed by atoms with Crippen LogP contribution in [0.2, 0.25) is 0 Å². The smallest absolute Gasteiger partial charge is 0.330 e. The summed E-state index contributed by atoms with van der Waals surface area (Å²) in [6.07, 6.45) is -11.4. The van der Waals surface area contributed by atoms with Gasteiger partial charge in [-0.25, -0.2) is 9.59 Å². The lowest BCUT2D eigenvalue weighted by molar-refractivity contribution is -0.287. The third kappa shape index (κ3) is 8.18. The van der Waals surface area contributed by atoms with Crippen molar-refractivity contribution in [3.05, 3.63) is 65.2 Å². The fourth-order valence-corrected chi connectivity index (χ4v) is 4.72. The average molecular weight is 651 g/mol. The van der Waals surface area contributed by atoms with Crippen molar-refractivity contribution < 1.29 is 79.6 Å². The predicted molar refractivity (Wildman–Crippen MR) is 152 cm³/mol. The van der Waals surface area contributed by atoms with Gasteiger partial charge >= 0.3 is 11.9 Å². The summed E-state index contributed by atoms with van der Waals surface area (Å²) in [5.41, 5.74) is 0.665. The Balaban J connectivity index is 1.34. The monoisotopic (exact) mass is 650 g/mol. The molecule has 0 unspecified atom stereocenters. The topological polar surface area (TPSA) is 273 Å². The van der Waals surface area contributed by atoms with Crippen LogP contribution < -0.4 is 0 Å². The van der Waals surface area contributed by atoms with Crippen LogP contribution in [0.4, 0.5) is 0 Å². The second-order valence-corrected chi connectivity index (χ2v) is 10.6. The lowest BCUT2D eigenvalue weighted by Crippen LogP contribution is -2.58. The summed E-state index contributed by atoms with van der Waals surface area (Å²) in [4.78, 5) is 24.3. The van der Waals surface area contributed by atoms with Gasteiger partial charge in [-0.3, -0.25) is 0 Å². The van der Waals surface area contributed by atoms with Gasteiger partial charge in [0.25, 0.3) is 0 Å². The maximum absolute atomic E-state index is 12.2. The Hall–Kier alpha value is -4.10. The van der Waals surface area contributed by atoms with E-state index in [1.54, 1.807) is 0 Å². The Bertz CT molecular complexity index is 1440. The zero-order valence-corrected chi connectivity index (χ0v) is 23.9. The molecule has 10 atom stereocenters. The number of carbonyl (C=O) groups excluding carboxylic acids is 2. The first-order valence-corrected chi connectivity index (χ1v) is 13.9. The number of benzene rings is 2. The molecule has 2 aliphatic rings. The molecule has 250 valence electrons. The standard InChI is InChI=1S/C30H34O16/c31-16-6-2-14(10-18(16)33)4-8-21(34)43-11-19-23(36)25(38)27(40)29(45-19)15-5-1-13(9-17(15)32)3-7-22(35)44-12-20-24(37)26(39)28(41)30(42)46-20/h1-10,19-20,23-33,36-42H,11-12H2/b7-3+,8-4+/t19-,20-,23-,24-,25+,26+,27-,28-,29+,30-/m1/s1. The minimum absolute atomic E-state index is 0.00396. The van der Waals surface area contributed by atoms with Crippen molar-refractivity contribution in [2.75, 3.05) is 13.2 Å². The minimum Gasteiger partial charge on any atom is -0.508 e. The molecule has 16 nitrogen and oxygen atoms in total. The molecule has 0 saturated carbocycles. The Labute approximate surface area is 260 Å². The molecule has 0 aliphatic carbocycles. The summed E-state index contributed by atoms with van der Waals surface area (Å²) in [5.74, 6) is -2.93. The molecular formula is C30H34O16. The van der Waals surface area contributed by atoms with Gasteiger partial charge < -0.3 is 70.0 Å². The van der Waals surface area contributed by atoms with E-state index >= 15 is 0 Å². The molecule has 0 spiro atoms. The first-order valence-electron chi connectivity index (χ1n) is 13.9. The van der Waals surface area contributed by atoms with Crippen LogP contribution in [0.25, 0.3) is 12.2 Å². The van der Waals surface area contributed by atoms with Crippen molar-refractivity contribution in [1.82, 2.24) is 0 Å². The number of aromatic hydroxyl groups is 3. The quantitative estimate of drug-likeness (QED) is 0.0794. The maximum Gasteiger partial charge on any atom is 0.330 e. The zero-order chi connectivity index (χ0) is 33.7. The molecule has 0 amide bonds. The highest BCUT2D eigenvalue weighted by molar-refractivity contribution is 5.87. The number of rotatable bonds is 9. The van der Waals surface area contributed by atoms with Gasteiger partial charge in [0.15, 0.2) is 17.8 Å². The van der Waals surface area contributed by atoms with E-state index in [4.69, 9.17) is 18.9 Å². The number of hydrogen-bond donors (Lipinski definition) is 10. The van der Waals surface area contributed by atoms with E-state index < -0.39 is 97.9 Å².